The highest BCUT2D eigenvalue weighted by molar-refractivity contribution is 6.31. The second-order valence-electron chi connectivity index (χ2n) is 17.4. The van der Waals surface area contributed by atoms with Crippen LogP contribution in [0.1, 0.15) is 110 Å². The van der Waals surface area contributed by atoms with Crippen LogP contribution in [0.5, 0.6) is 5.75 Å². The van der Waals surface area contributed by atoms with Gasteiger partial charge < -0.3 is 20.1 Å². The summed E-state index contributed by atoms with van der Waals surface area (Å²) in [5.41, 5.74) is 2.14. The SMILES string of the molecule is CC1(C)C(NC(=O)c2ccc(CCCCCCN3CCN(c4cc5c(cc4F)C(=O)N(C4CCC(=O)NC4=O)C5O)CC3)cc2)C(C)(C)C1Oc1ccc(C#N)c(Cl)c1. The van der Waals surface area contributed by atoms with Gasteiger partial charge in [-0.25, -0.2) is 4.39 Å². The summed E-state index contributed by atoms with van der Waals surface area (Å²) in [6, 6.07) is 16.5. The molecular formula is C45H52ClFN6O6. The topological polar surface area (TPSA) is 155 Å². The Hall–Kier alpha value is -5.03. The minimum absolute atomic E-state index is 0.0369. The third kappa shape index (κ3) is 8.40. The van der Waals surface area contributed by atoms with E-state index in [0.717, 1.165) is 62.7 Å². The molecule has 3 aliphatic heterocycles. The molecule has 0 spiro atoms. The maximum atomic E-state index is 15.4. The van der Waals surface area contributed by atoms with Crippen LogP contribution in [0, 0.1) is 28.0 Å². The Morgan fingerprint density at radius 2 is 1.68 bits per heavy atom. The second kappa shape index (κ2) is 16.9. The molecule has 4 amide bonds. The van der Waals surface area contributed by atoms with Crippen molar-refractivity contribution >= 4 is 40.9 Å². The first-order valence-corrected chi connectivity index (χ1v) is 20.9. The first-order valence-electron chi connectivity index (χ1n) is 20.5. The predicted molar refractivity (Wildman–Crippen MR) is 220 cm³/mol. The van der Waals surface area contributed by atoms with Gasteiger partial charge in [0.1, 0.15) is 29.8 Å². The number of hydrogen-bond acceptors (Lipinski definition) is 9. The number of amides is 4. The maximum absolute atomic E-state index is 15.4. The van der Waals surface area contributed by atoms with Crippen LogP contribution in [-0.4, -0.2) is 89.4 Å². The summed E-state index contributed by atoms with van der Waals surface area (Å²) in [5, 5.41) is 26.1. The lowest BCUT2D eigenvalue weighted by Crippen LogP contribution is -2.74. The zero-order valence-electron chi connectivity index (χ0n) is 34.0. The van der Waals surface area contributed by atoms with Gasteiger partial charge in [-0.1, -0.05) is 64.3 Å². The largest absolute Gasteiger partial charge is 0.489 e. The molecule has 7 rings (SSSR count). The number of rotatable bonds is 13. The summed E-state index contributed by atoms with van der Waals surface area (Å²) in [5.74, 6) is -1.75. The summed E-state index contributed by atoms with van der Waals surface area (Å²) in [6.07, 6.45) is 3.79. The van der Waals surface area contributed by atoms with Crippen LogP contribution in [0.3, 0.4) is 0 Å². The number of carbonyl (C=O) groups excluding carboxylic acids is 4. The van der Waals surface area contributed by atoms with Crippen molar-refractivity contribution in [1.29, 1.82) is 5.26 Å². The average Bonchev–Trinajstić information content (AvgIpc) is 3.44. The summed E-state index contributed by atoms with van der Waals surface area (Å²) in [6.45, 7) is 12.0. The van der Waals surface area contributed by atoms with E-state index in [1.54, 1.807) is 18.2 Å². The van der Waals surface area contributed by atoms with E-state index in [0.29, 0.717) is 40.7 Å². The molecule has 2 saturated heterocycles. The van der Waals surface area contributed by atoms with Crippen LogP contribution in [0.15, 0.2) is 54.6 Å². The van der Waals surface area contributed by atoms with Crippen molar-refractivity contribution in [1.82, 2.24) is 20.4 Å². The number of halogens is 2. The summed E-state index contributed by atoms with van der Waals surface area (Å²) >= 11 is 6.23. The van der Waals surface area contributed by atoms with E-state index in [-0.39, 0.29) is 52.9 Å². The Morgan fingerprint density at radius 1 is 0.983 bits per heavy atom. The number of unbranched alkanes of at least 4 members (excludes halogenated alkanes) is 3. The monoisotopic (exact) mass is 826 g/mol. The molecule has 4 aliphatic rings. The maximum Gasteiger partial charge on any atom is 0.257 e. The molecule has 3 aromatic rings. The van der Waals surface area contributed by atoms with Gasteiger partial charge >= 0.3 is 0 Å². The van der Waals surface area contributed by atoms with Crippen molar-refractivity contribution in [3.8, 4) is 11.8 Å². The Balaban J connectivity index is 0.810. The number of aliphatic hydroxyl groups is 1. The van der Waals surface area contributed by atoms with E-state index < -0.39 is 35.8 Å². The molecule has 0 bridgehead atoms. The van der Waals surface area contributed by atoms with Gasteiger partial charge in [0, 0.05) is 66.7 Å². The zero-order valence-corrected chi connectivity index (χ0v) is 34.8. The molecule has 3 N–H and O–H groups in total. The molecular weight excluding hydrogens is 775 g/mol. The number of nitriles is 1. The smallest absolute Gasteiger partial charge is 0.257 e. The highest BCUT2D eigenvalue weighted by Crippen LogP contribution is 2.55. The quantitative estimate of drug-likeness (QED) is 0.136. The van der Waals surface area contributed by atoms with Gasteiger partial charge in [0.2, 0.25) is 11.8 Å². The third-order valence-corrected chi connectivity index (χ3v) is 13.0. The van der Waals surface area contributed by atoms with Gasteiger partial charge in [0.15, 0.2) is 6.23 Å². The number of benzene rings is 3. The zero-order chi connectivity index (χ0) is 42.2. The first-order chi connectivity index (χ1) is 28.1. The number of nitrogens with zero attached hydrogens (tertiary/aromatic N) is 4. The van der Waals surface area contributed by atoms with Gasteiger partial charge in [0.05, 0.1) is 21.8 Å². The fraction of sp³-hybridized carbons (Fsp3) is 0.489. The lowest BCUT2D eigenvalue weighted by Gasteiger charge is -2.63. The van der Waals surface area contributed by atoms with Crippen LogP contribution >= 0.6 is 11.6 Å². The molecule has 3 aromatic carbocycles. The number of imide groups is 1. The number of aliphatic hydroxyl groups excluding tert-OH is 1. The number of fused-ring (bicyclic) bond motifs is 1. The van der Waals surface area contributed by atoms with Crippen LogP contribution in [0.4, 0.5) is 10.1 Å². The minimum atomic E-state index is -1.40. The molecule has 2 atom stereocenters. The van der Waals surface area contributed by atoms with E-state index in [4.69, 9.17) is 16.3 Å². The lowest BCUT2D eigenvalue weighted by molar-refractivity contribution is -0.164. The molecule has 14 heteroatoms. The van der Waals surface area contributed by atoms with Gasteiger partial charge in [-0.3, -0.25) is 34.3 Å². The van der Waals surface area contributed by atoms with Crippen LogP contribution in [-0.2, 0) is 16.0 Å². The van der Waals surface area contributed by atoms with Crippen LogP contribution in [0.2, 0.25) is 5.02 Å². The highest BCUT2D eigenvalue weighted by Gasteiger charge is 2.64. The number of piperidine rings is 1. The van der Waals surface area contributed by atoms with Gasteiger partial charge in [-0.05, 0) is 74.2 Å². The Kier molecular flexibility index (Phi) is 12.1. The lowest BCUT2D eigenvalue weighted by atomic mass is 9.49. The number of piperazine rings is 1. The van der Waals surface area contributed by atoms with Gasteiger partial charge in [0.25, 0.3) is 11.8 Å². The van der Waals surface area contributed by atoms with Crippen molar-refractivity contribution < 1.29 is 33.4 Å². The van der Waals surface area contributed by atoms with Crippen molar-refractivity contribution in [2.24, 2.45) is 10.8 Å². The normalized spacial score (nSPS) is 23.6. The highest BCUT2D eigenvalue weighted by atomic mass is 35.5. The molecule has 59 heavy (non-hydrogen) atoms. The van der Waals surface area contributed by atoms with Gasteiger partial charge in [-0.2, -0.15) is 5.26 Å². The number of hydrogen-bond donors (Lipinski definition) is 3. The van der Waals surface area contributed by atoms with E-state index in [1.165, 1.54) is 11.6 Å². The number of aryl methyl sites for hydroxylation is 1. The van der Waals surface area contributed by atoms with E-state index in [1.807, 2.05) is 29.2 Å². The molecule has 0 radical (unpaired) electrons. The van der Waals surface area contributed by atoms with Crippen molar-refractivity contribution in [2.45, 2.75) is 97.1 Å². The number of ether oxygens (including phenoxy) is 1. The van der Waals surface area contributed by atoms with Crippen LogP contribution < -0.4 is 20.3 Å². The fourth-order valence-corrected chi connectivity index (χ4v) is 9.95. The Morgan fingerprint density at radius 3 is 2.34 bits per heavy atom. The van der Waals surface area contributed by atoms with Crippen LogP contribution in [0.25, 0.3) is 0 Å². The Labute approximate surface area is 349 Å². The number of nitrogens with one attached hydrogen (secondary N) is 2. The minimum Gasteiger partial charge on any atom is -0.489 e. The summed E-state index contributed by atoms with van der Waals surface area (Å²) in [7, 11) is 0. The first kappa shape index (κ1) is 42.1. The van der Waals surface area contributed by atoms with E-state index >= 15 is 4.39 Å². The van der Waals surface area contributed by atoms with E-state index in [9.17, 15) is 29.5 Å². The standard InChI is InChI=1S/C45H52ClFN6O6/c1-44(2)42(45(3,4)43(44)59-30-15-14-29(26-48)33(46)23-30)50-38(55)28-12-10-27(11-13-28)9-7-5-6-8-18-51-19-21-52(22-20-51)36-25-32-31(24-34(36)47)40(57)53(41(32)58)35-16-17-37(54)49-39(35)56/h10-15,23-25,35,41-43,58H,5-9,16-22H2,1-4H3,(H,50,55)(H,49,54,56). The molecule has 3 heterocycles. The average molecular weight is 827 g/mol. The summed E-state index contributed by atoms with van der Waals surface area (Å²) in [4.78, 5) is 55.9. The number of carbonyl (C=O) groups is 4. The third-order valence-electron chi connectivity index (χ3n) is 12.7. The molecule has 1 aliphatic carbocycles. The van der Waals surface area contributed by atoms with Crippen molar-refractivity contribution in [3.63, 3.8) is 0 Å². The number of anilines is 1. The molecule has 312 valence electrons. The van der Waals surface area contributed by atoms with Crippen molar-refractivity contribution in [2.75, 3.05) is 37.6 Å². The second-order valence-corrected chi connectivity index (χ2v) is 17.8. The molecule has 0 aromatic heterocycles. The summed E-state index contributed by atoms with van der Waals surface area (Å²) < 4.78 is 21.7. The Bertz CT molecular complexity index is 2150. The van der Waals surface area contributed by atoms with Gasteiger partial charge in [-0.15, -0.1) is 0 Å². The van der Waals surface area contributed by atoms with E-state index in [2.05, 4.69) is 49.3 Å². The molecule has 12 nitrogen and oxygen atoms in total. The molecule has 1 saturated carbocycles. The molecule has 3 fully saturated rings. The predicted octanol–water partition coefficient (Wildman–Crippen LogP) is 6.14. The molecule has 2 unspecified atom stereocenters. The van der Waals surface area contributed by atoms with Crippen molar-refractivity contribution in [3.05, 3.63) is 93.3 Å². The fourth-order valence-electron chi connectivity index (χ4n) is 9.74.